The van der Waals surface area contributed by atoms with Gasteiger partial charge in [0.25, 0.3) is 10.4 Å². The first kappa shape index (κ1) is 25.8. The third-order valence-corrected chi connectivity index (χ3v) is 5.70. The van der Waals surface area contributed by atoms with E-state index in [9.17, 15) is 17.8 Å². The van der Waals surface area contributed by atoms with Crippen LogP contribution in [-0.2, 0) is 26.4 Å². The largest absolute Gasteiger partial charge is 0.716 e. The van der Waals surface area contributed by atoms with Crippen LogP contribution in [0.25, 0.3) is 32.4 Å². The molecule has 0 aliphatic rings. The van der Waals surface area contributed by atoms with Gasteiger partial charge in [0.1, 0.15) is 7.05 Å². The number of hydrogen-bond acceptors (Lipinski definition) is 9. The predicted octanol–water partition coefficient (Wildman–Crippen LogP) is 3.01. The van der Waals surface area contributed by atoms with Crippen LogP contribution in [0.3, 0.4) is 0 Å². The van der Waals surface area contributed by atoms with Gasteiger partial charge in [0.2, 0.25) is 5.52 Å². The molecule has 0 N–H and O–H groups in total. The van der Waals surface area contributed by atoms with Crippen molar-refractivity contribution in [3.63, 3.8) is 0 Å². The molecule has 35 heavy (non-hydrogen) atoms. The normalized spacial score (nSPS) is 11.1. The number of pyridine rings is 1. The van der Waals surface area contributed by atoms with Crippen molar-refractivity contribution in [1.29, 1.82) is 0 Å². The van der Waals surface area contributed by atoms with E-state index in [0.29, 0.717) is 5.75 Å². The standard InChI is InChI=1S/C22H22NO4.C2H4O5S/c1-23-12-13-10-19(25-3)20(26-4)11-17(13)15-6-7-16-14(21(15)23)8-9-18(24-2)22(16)27-5;1-2(3)7-8(4,5)6/h6-12H,1-5H3;1H3,(H,4,5,6)/q+1;/p-1. The maximum absolute atomic E-state index is 9.66. The van der Waals surface area contributed by atoms with Gasteiger partial charge in [0.05, 0.1) is 44.6 Å². The quantitative estimate of drug-likeness (QED) is 0.175. The van der Waals surface area contributed by atoms with Gasteiger partial charge >= 0.3 is 5.97 Å². The van der Waals surface area contributed by atoms with Crippen LogP contribution in [0.15, 0.2) is 42.6 Å². The molecule has 0 spiro atoms. The van der Waals surface area contributed by atoms with Crippen LogP contribution in [0.2, 0.25) is 0 Å². The predicted molar refractivity (Wildman–Crippen MR) is 128 cm³/mol. The maximum Gasteiger partial charge on any atom is 0.318 e. The van der Waals surface area contributed by atoms with E-state index >= 15 is 0 Å². The van der Waals surface area contributed by atoms with Crippen molar-refractivity contribution >= 4 is 48.8 Å². The first-order chi connectivity index (χ1) is 16.5. The summed E-state index contributed by atoms with van der Waals surface area (Å²) < 4.78 is 55.7. The lowest BCUT2D eigenvalue weighted by Gasteiger charge is -2.13. The Kier molecular flexibility index (Phi) is 7.51. The number of hydrogen-bond donors (Lipinski definition) is 0. The number of fused-ring (bicyclic) bond motifs is 5. The third kappa shape index (κ3) is 5.31. The van der Waals surface area contributed by atoms with E-state index in [1.54, 1.807) is 28.4 Å². The number of benzene rings is 3. The summed E-state index contributed by atoms with van der Waals surface area (Å²) in [5.74, 6) is 1.77. The lowest BCUT2D eigenvalue weighted by atomic mass is 10.00. The molecule has 0 amide bonds. The zero-order valence-electron chi connectivity index (χ0n) is 20.1. The molecule has 0 radical (unpaired) electrons. The number of carbonyl (C=O) groups is 1. The molecule has 3 aromatic carbocycles. The second kappa shape index (κ2) is 10.2. The third-order valence-electron chi connectivity index (χ3n) is 5.26. The summed E-state index contributed by atoms with van der Waals surface area (Å²) in [6.45, 7) is 0.829. The van der Waals surface area contributed by atoms with E-state index in [2.05, 4.69) is 40.2 Å². The van der Waals surface area contributed by atoms with Gasteiger partial charge in [-0.25, -0.2) is 8.42 Å². The first-order valence-electron chi connectivity index (χ1n) is 10.2. The molecule has 4 rings (SSSR count). The molecule has 0 fully saturated rings. The summed E-state index contributed by atoms with van der Waals surface area (Å²) >= 11 is 0. The molecule has 0 atom stereocenters. The molecule has 10 nitrogen and oxygen atoms in total. The van der Waals surface area contributed by atoms with Crippen molar-refractivity contribution in [2.45, 2.75) is 6.92 Å². The number of rotatable bonds is 5. The topological polar surface area (TPSA) is 124 Å². The molecule has 4 aromatic rings. The number of nitrogens with zero attached hydrogens (tertiary/aromatic N) is 1. The lowest BCUT2D eigenvalue weighted by molar-refractivity contribution is -0.642. The monoisotopic (exact) mass is 503 g/mol. The molecule has 11 heteroatoms. The van der Waals surface area contributed by atoms with Crippen molar-refractivity contribution < 1.29 is 45.5 Å². The highest BCUT2D eigenvalue weighted by atomic mass is 32.3. The fourth-order valence-electron chi connectivity index (χ4n) is 3.96. The Balaban J connectivity index is 0.000000371. The Bertz CT molecular complexity index is 1530. The number of carbonyl (C=O) groups excluding carboxylic acids is 1. The number of ether oxygens (including phenoxy) is 4. The maximum atomic E-state index is 9.66. The minimum absolute atomic E-state index is 0.715. The Hall–Kier alpha value is -3.83. The zero-order chi connectivity index (χ0) is 25.9. The van der Waals surface area contributed by atoms with Crippen molar-refractivity contribution in [2.24, 2.45) is 7.05 Å². The van der Waals surface area contributed by atoms with Crippen molar-refractivity contribution in [3.05, 3.63) is 42.6 Å². The molecular formula is C24H25NO9S. The minimum Gasteiger partial charge on any atom is -0.716 e. The van der Waals surface area contributed by atoms with Gasteiger partial charge in [-0.1, -0.05) is 0 Å². The molecule has 0 aliphatic carbocycles. The summed E-state index contributed by atoms with van der Waals surface area (Å²) in [7, 11) is 3.85. The molecule has 186 valence electrons. The van der Waals surface area contributed by atoms with E-state index in [0.717, 1.165) is 56.6 Å². The first-order valence-corrected chi connectivity index (χ1v) is 11.6. The van der Waals surface area contributed by atoms with Crippen LogP contribution in [0.5, 0.6) is 23.0 Å². The summed E-state index contributed by atoms with van der Waals surface area (Å²) in [6.07, 6.45) is 2.11. The average Bonchev–Trinajstić information content (AvgIpc) is 2.80. The average molecular weight is 504 g/mol. The second-order valence-electron chi connectivity index (χ2n) is 7.38. The lowest BCUT2D eigenvalue weighted by Crippen LogP contribution is -2.28. The fraction of sp³-hybridized carbons (Fsp3) is 0.250. The number of methoxy groups -OCH3 is 4. The molecule has 0 saturated heterocycles. The molecule has 0 bridgehead atoms. The van der Waals surface area contributed by atoms with Gasteiger partial charge in [0, 0.05) is 17.7 Å². The Morgan fingerprint density at radius 1 is 0.800 bits per heavy atom. The van der Waals surface area contributed by atoms with E-state index in [4.69, 9.17) is 18.9 Å². The van der Waals surface area contributed by atoms with Crippen LogP contribution in [0.4, 0.5) is 0 Å². The Morgan fingerprint density at radius 2 is 1.34 bits per heavy atom. The van der Waals surface area contributed by atoms with Gasteiger partial charge in [-0.3, -0.25) is 4.79 Å². The fourth-order valence-corrected chi connectivity index (χ4v) is 4.25. The van der Waals surface area contributed by atoms with Crippen molar-refractivity contribution in [3.8, 4) is 23.0 Å². The van der Waals surface area contributed by atoms with E-state index in [1.807, 2.05) is 18.2 Å². The molecule has 0 aliphatic heterocycles. The van der Waals surface area contributed by atoms with Crippen LogP contribution >= 0.6 is 0 Å². The highest BCUT2D eigenvalue weighted by Crippen LogP contribution is 2.40. The van der Waals surface area contributed by atoms with E-state index in [-0.39, 0.29) is 0 Å². The molecule has 1 aromatic heterocycles. The highest BCUT2D eigenvalue weighted by Gasteiger charge is 2.19. The van der Waals surface area contributed by atoms with Gasteiger partial charge < -0.3 is 27.7 Å². The van der Waals surface area contributed by atoms with Gasteiger partial charge in [-0.2, -0.15) is 4.57 Å². The van der Waals surface area contributed by atoms with Crippen molar-refractivity contribution in [2.75, 3.05) is 28.4 Å². The molecule has 0 saturated carbocycles. The van der Waals surface area contributed by atoms with Crippen LogP contribution in [0, 0.1) is 0 Å². The minimum atomic E-state index is -4.82. The van der Waals surface area contributed by atoms with Crippen LogP contribution in [0.1, 0.15) is 6.92 Å². The summed E-state index contributed by atoms with van der Waals surface area (Å²) in [6, 6.07) is 12.3. The van der Waals surface area contributed by atoms with Crippen LogP contribution < -0.4 is 23.5 Å². The molecule has 1 heterocycles. The Labute approximate surface area is 202 Å². The van der Waals surface area contributed by atoms with Gasteiger partial charge in [-0.05, 0) is 36.4 Å². The summed E-state index contributed by atoms with van der Waals surface area (Å²) in [5.41, 5.74) is 1.12. The smallest absolute Gasteiger partial charge is 0.318 e. The molecule has 0 unspecified atom stereocenters. The van der Waals surface area contributed by atoms with Gasteiger partial charge in [-0.15, -0.1) is 0 Å². The van der Waals surface area contributed by atoms with Crippen molar-refractivity contribution in [1.82, 2.24) is 0 Å². The summed E-state index contributed by atoms with van der Waals surface area (Å²) in [4.78, 5) is 9.66. The second-order valence-corrected chi connectivity index (χ2v) is 8.36. The highest BCUT2D eigenvalue weighted by molar-refractivity contribution is 7.81. The van der Waals surface area contributed by atoms with E-state index in [1.165, 1.54) is 0 Å². The summed E-state index contributed by atoms with van der Waals surface area (Å²) in [5, 5.41) is 5.44. The number of aryl methyl sites for hydroxylation is 1. The van der Waals surface area contributed by atoms with Crippen LogP contribution in [-0.4, -0.2) is 47.4 Å². The number of aromatic nitrogens is 1. The molecular weight excluding hydrogens is 478 g/mol. The van der Waals surface area contributed by atoms with Gasteiger partial charge in [0.15, 0.2) is 29.2 Å². The Morgan fingerprint density at radius 3 is 1.86 bits per heavy atom. The SMILES string of the molecule is CC(=O)OS(=O)(=O)[O-].COc1cc2c[n+](C)c3c4ccc(OC)c(OC)c4ccc3c2cc1OC. The zero-order valence-corrected chi connectivity index (χ0v) is 20.9. The van der Waals surface area contributed by atoms with E-state index < -0.39 is 16.4 Å².